The van der Waals surface area contributed by atoms with E-state index in [1.807, 2.05) is 18.2 Å². The second-order valence-corrected chi connectivity index (χ2v) is 10.6. The van der Waals surface area contributed by atoms with Crippen LogP contribution in [0, 0.1) is 0 Å². The van der Waals surface area contributed by atoms with Crippen LogP contribution in [0.1, 0.15) is 5.56 Å². The van der Waals surface area contributed by atoms with Crippen molar-refractivity contribution < 1.29 is 31.1 Å². The maximum Gasteiger partial charge on any atom is 0.416 e. The molecular formula is C25H18F3N3O5S2. The number of para-hydroxylation sites is 1. The summed E-state index contributed by atoms with van der Waals surface area (Å²) in [5.74, 6) is 0.654. The molecule has 0 aliphatic heterocycles. The van der Waals surface area contributed by atoms with Gasteiger partial charge in [-0.25, -0.2) is 13.4 Å². The maximum absolute atomic E-state index is 13.0. The normalized spacial score (nSPS) is 11.7. The van der Waals surface area contributed by atoms with E-state index in [1.54, 1.807) is 36.4 Å². The topological polar surface area (TPSA) is 118 Å². The zero-order valence-electron chi connectivity index (χ0n) is 19.2. The number of nitrogens with zero attached hydrogens (tertiary/aromatic N) is 1. The molecule has 0 aliphatic rings. The maximum atomic E-state index is 13.0. The minimum Gasteiger partial charge on any atom is -0.457 e. The number of aromatic amines is 1. The number of sulfone groups is 1. The van der Waals surface area contributed by atoms with E-state index in [0.29, 0.717) is 23.3 Å². The highest BCUT2D eigenvalue weighted by Crippen LogP contribution is 2.31. The zero-order valence-corrected chi connectivity index (χ0v) is 20.9. The van der Waals surface area contributed by atoms with Crippen LogP contribution in [0.3, 0.4) is 0 Å². The molecule has 4 rings (SSSR count). The Morgan fingerprint density at radius 1 is 0.974 bits per heavy atom. The zero-order chi connectivity index (χ0) is 27.3. The molecule has 2 N–H and O–H groups in total. The molecule has 0 radical (unpaired) electrons. The number of anilines is 1. The van der Waals surface area contributed by atoms with E-state index in [-0.39, 0.29) is 10.9 Å². The minimum atomic E-state index is -4.75. The van der Waals surface area contributed by atoms with E-state index >= 15 is 0 Å². The first-order chi connectivity index (χ1) is 18.0. The van der Waals surface area contributed by atoms with Gasteiger partial charge in [-0.05, 0) is 54.6 Å². The van der Waals surface area contributed by atoms with Crippen LogP contribution in [-0.4, -0.2) is 30.0 Å². The highest BCUT2D eigenvalue weighted by Gasteiger charge is 2.32. The third-order valence-electron chi connectivity index (χ3n) is 4.96. The number of hydrogen-bond donors (Lipinski definition) is 2. The van der Waals surface area contributed by atoms with E-state index in [2.05, 4.69) is 15.3 Å². The van der Waals surface area contributed by atoms with Crippen molar-refractivity contribution in [3.8, 4) is 11.5 Å². The van der Waals surface area contributed by atoms with Crippen molar-refractivity contribution in [2.75, 3.05) is 11.1 Å². The minimum absolute atomic E-state index is 0.0419. The monoisotopic (exact) mass is 561 g/mol. The Bertz CT molecular complexity index is 1610. The molecule has 4 aromatic rings. The van der Waals surface area contributed by atoms with Crippen molar-refractivity contribution in [3.05, 3.63) is 101 Å². The lowest BCUT2D eigenvalue weighted by Crippen LogP contribution is -2.20. The van der Waals surface area contributed by atoms with Gasteiger partial charge in [0, 0.05) is 5.69 Å². The number of carbonyl (C=O) groups excluding carboxylic acids is 1. The fourth-order valence-corrected chi connectivity index (χ4v) is 5.07. The van der Waals surface area contributed by atoms with Gasteiger partial charge in [0.1, 0.15) is 11.5 Å². The number of thioether (sulfide) groups is 1. The van der Waals surface area contributed by atoms with Crippen LogP contribution in [0.4, 0.5) is 18.9 Å². The van der Waals surface area contributed by atoms with Crippen molar-refractivity contribution in [1.82, 2.24) is 9.97 Å². The number of carbonyl (C=O) groups is 1. The van der Waals surface area contributed by atoms with Crippen molar-refractivity contribution in [2.24, 2.45) is 0 Å². The Morgan fingerprint density at radius 3 is 2.32 bits per heavy atom. The fourth-order valence-electron chi connectivity index (χ4n) is 3.16. The number of alkyl halides is 3. The molecule has 8 nitrogen and oxygen atoms in total. The summed E-state index contributed by atoms with van der Waals surface area (Å²) >= 11 is 0.841. The summed E-state index contributed by atoms with van der Waals surface area (Å²) in [5, 5.41) is 2.63. The third kappa shape index (κ3) is 6.61. The molecular weight excluding hydrogens is 543 g/mol. The molecule has 0 fully saturated rings. The van der Waals surface area contributed by atoms with E-state index in [0.717, 1.165) is 36.2 Å². The molecule has 0 saturated heterocycles. The van der Waals surface area contributed by atoms with Gasteiger partial charge in [-0.3, -0.25) is 9.59 Å². The predicted octanol–water partition coefficient (Wildman–Crippen LogP) is 5.14. The number of ether oxygens (including phenoxy) is 1. The van der Waals surface area contributed by atoms with Crippen LogP contribution in [-0.2, 0) is 20.8 Å². The highest BCUT2D eigenvalue weighted by molar-refractivity contribution is 7.99. The number of hydrogen-bond acceptors (Lipinski definition) is 7. The first-order valence-corrected chi connectivity index (χ1v) is 13.3. The molecule has 0 spiro atoms. The molecule has 0 atom stereocenters. The van der Waals surface area contributed by atoms with E-state index in [4.69, 9.17) is 4.74 Å². The first-order valence-electron chi connectivity index (χ1n) is 10.8. The average molecular weight is 562 g/mol. The molecule has 38 heavy (non-hydrogen) atoms. The molecule has 3 aromatic carbocycles. The second kappa shape index (κ2) is 11.1. The third-order valence-corrected chi connectivity index (χ3v) is 7.59. The lowest BCUT2D eigenvalue weighted by molar-refractivity contribution is -0.137. The van der Waals surface area contributed by atoms with Crippen LogP contribution in [0.15, 0.2) is 105 Å². The largest absolute Gasteiger partial charge is 0.457 e. The van der Waals surface area contributed by atoms with Gasteiger partial charge < -0.3 is 15.0 Å². The SMILES string of the molecule is O=C(CSc1ncc(S(=O)(=O)c2cccc(C(F)(F)F)c2)c(=O)[nH]1)Nc1ccc(Oc2ccccc2)cc1. The number of benzene rings is 3. The molecule has 0 saturated carbocycles. The van der Waals surface area contributed by atoms with Gasteiger partial charge in [0.25, 0.3) is 5.56 Å². The first kappa shape index (κ1) is 26.9. The Balaban J connectivity index is 1.37. The summed E-state index contributed by atoms with van der Waals surface area (Å²) in [7, 11) is -4.57. The number of H-pyrrole nitrogens is 1. The summed E-state index contributed by atoms with van der Waals surface area (Å²) in [5.41, 5.74) is -1.74. The molecule has 1 heterocycles. The van der Waals surface area contributed by atoms with Crippen molar-refractivity contribution >= 4 is 33.2 Å². The molecule has 0 unspecified atom stereocenters. The van der Waals surface area contributed by atoms with Crippen LogP contribution >= 0.6 is 11.8 Å². The van der Waals surface area contributed by atoms with Gasteiger partial charge in [0.2, 0.25) is 15.7 Å². The molecule has 0 bridgehead atoms. The quantitative estimate of drug-likeness (QED) is 0.226. The van der Waals surface area contributed by atoms with Crippen molar-refractivity contribution in [3.63, 3.8) is 0 Å². The van der Waals surface area contributed by atoms with E-state index < -0.39 is 42.8 Å². The van der Waals surface area contributed by atoms with Crippen LogP contribution in [0.25, 0.3) is 0 Å². The Kier molecular flexibility index (Phi) is 7.88. The number of aromatic nitrogens is 2. The van der Waals surface area contributed by atoms with Gasteiger partial charge in [-0.2, -0.15) is 13.2 Å². The fraction of sp³-hybridized carbons (Fsp3) is 0.0800. The number of rotatable bonds is 8. The Hall–Kier alpha value is -4.10. The highest BCUT2D eigenvalue weighted by atomic mass is 32.2. The van der Waals surface area contributed by atoms with Gasteiger partial charge >= 0.3 is 6.18 Å². The van der Waals surface area contributed by atoms with Gasteiger partial charge in [-0.1, -0.05) is 36.0 Å². The Morgan fingerprint density at radius 2 is 1.66 bits per heavy atom. The number of halogens is 3. The summed E-state index contributed by atoms with van der Waals surface area (Å²) in [6, 6.07) is 18.9. The number of nitrogens with one attached hydrogen (secondary N) is 2. The van der Waals surface area contributed by atoms with Crippen LogP contribution in [0.5, 0.6) is 11.5 Å². The lowest BCUT2D eigenvalue weighted by atomic mass is 10.2. The summed E-state index contributed by atoms with van der Waals surface area (Å²) in [6.07, 6.45) is -4.00. The summed E-state index contributed by atoms with van der Waals surface area (Å²) in [4.78, 5) is 29.3. The van der Waals surface area contributed by atoms with Gasteiger partial charge in [0.05, 0.1) is 22.4 Å². The van der Waals surface area contributed by atoms with Crippen LogP contribution in [0.2, 0.25) is 0 Å². The number of amides is 1. The van der Waals surface area contributed by atoms with Gasteiger partial charge in [0.15, 0.2) is 10.1 Å². The lowest BCUT2D eigenvalue weighted by Gasteiger charge is -2.09. The van der Waals surface area contributed by atoms with Crippen molar-refractivity contribution in [1.29, 1.82) is 0 Å². The smallest absolute Gasteiger partial charge is 0.416 e. The summed E-state index contributed by atoms with van der Waals surface area (Å²) in [6.45, 7) is 0. The molecule has 1 amide bonds. The van der Waals surface area contributed by atoms with Crippen LogP contribution < -0.4 is 15.6 Å². The molecule has 1 aromatic heterocycles. The van der Waals surface area contributed by atoms with Crippen molar-refractivity contribution in [2.45, 2.75) is 21.1 Å². The Labute approximate surface area is 218 Å². The molecule has 196 valence electrons. The standard InChI is InChI=1S/C25H18F3N3O5S2/c26-25(27,28)16-5-4-8-20(13-16)38(34,35)21-14-29-24(31-23(21)33)37-15-22(32)30-17-9-11-19(12-10-17)36-18-6-2-1-3-7-18/h1-14H,15H2,(H,30,32)(H,29,31,33). The average Bonchev–Trinajstić information content (AvgIpc) is 2.89. The molecule has 13 heteroatoms. The van der Waals surface area contributed by atoms with E-state index in [1.165, 1.54) is 0 Å². The van der Waals surface area contributed by atoms with E-state index in [9.17, 15) is 31.2 Å². The second-order valence-electron chi connectivity index (χ2n) is 7.69. The summed E-state index contributed by atoms with van der Waals surface area (Å²) < 4.78 is 70.0. The van der Waals surface area contributed by atoms with Gasteiger partial charge in [-0.15, -0.1) is 0 Å². The molecule has 0 aliphatic carbocycles. The predicted molar refractivity (Wildman–Crippen MR) is 134 cm³/mol.